The van der Waals surface area contributed by atoms with E-state index in [0.29, 0.717) is 5.56 Å². The Balaban J connectivity index is 2.14. The quantitative estimate of drug-likeness (QED) is 0.337. The summed E-state index contributed by atoms with van der Waals surface area (Å²) in [7, 11) is 1.60. The number of hydrogen-bond donors (Lipinski definition) is 1. The monoisotopic (exact) mass is 585 g/mol. The van der Waals surface area contributed by atoms with Gasteiger partial charge in [-0.05, 0) is 79.3 Å². The van der Waals surface area contributed by atoms with Crippen LogP contribution in [0.3, 0.4) is 0 Å². The van der Waals surface area contributed by atoms with Crippen LogP contribution in [0.2, 0.25) is 0 Å². The van der Waals surface area contributed by atoms with Crippen LogP contribution in [-0.4, -0.2) is 24.2 Å². The number of aromatic nitrogens is 1. The highest BCUT2D eigenvalue weighted by atomic mass is 127. The van der Waals surface area contributed by atoms with Crippen LogP contribution in [0.5, 0.6) is 5.75 Å². The highest BCUT2D eigenvalue weighted by molar-refractivity contribution is 14.1. The molecule has 1 heterocycles. The first kappa shape index (κ1) is 17.6. The molecule has 2 aromatic rings. The lowest BCUT2D eigenvalue weighted by atomic mass is 10.2. The van der Waals surface area contributed by atoms with Crippen molar-refractivity contribution in [3.63, 3.8) is 0 Å². The van der Waals surface area contributed by atoms with Crippen molar-refractivity contribution >= 4 is 73.2 Å². The summed E-state index contributed by atoms with van der Waals surface area (Å²) in [6.07, 6.45) is 4.65. The summed E-state index contributed by atoms with van der Waals surface area (Å²) < 4.78 is 8.14. The maximum absolute atomic E-state index is 12.0. The van der Waals surface area contributed by atoms with Gasteiger partial charge in [0, 0.05) is 26.0 Å². The van der Waals surface area contributed by atoms with Gasteiger partial charge in [0.15, 0.2) is 0 Å². The highest BCUT2D eigenvalue weighted by Gasteiger charge is 2.08. The zero-order chi connectivity index (χ0) is 16.1. The molecule has 0 bridgehead atoms. The topological polar surface area (TPSA) is 63.6 Å². The van der Waals surface area contributed by atoms with E-state index in [1.165, 1.54) is 6.20 Å². The molecule has 0 spiro atoms. The third-order valence-electron chi connectivity index (χ3n) is 2.58. The number of hydrogen-bond acceptors (Lipinski definition) is 4. The summed E-state index contributed by atoms with van der Waals surface area (Å²) in [5.41, 5.74) is 3.70. The average Bonchev–Trinajstić information content (AvgIpc) is 2.46. The smallest absolute Gasteiger partial charge is 0.272 e. The molecule has 0 atom stereocenters. The van der Waals surface area contributed by atoms with Crippen LogP contribution < -0.4 is 10.2 Å². The number of carbonyl (C=O) groups is 1. The van der Waals surface area contributed by atoms with Crippen LogP contribution in [0.15, 0.2) is 40.2 Å². The molecule has 114 valence electrons. The van der Waals surface area contributed by atoms with Crippen molar-refractivity contribution in [2.24, 2.45) is 5.10 Å². The Hall–Kier alpha value is -0.750. The molecule has 22 heavy (non-hydrogen) atoms. The number of ether oxygens (including phenoxy) is 1. The Kier molecular flexibility index (Phi) is 6.56. The van der Waals surface area contributed by atoms with Crippen LogP contribution >= 0.6 is 61.1 Å². The van der Waals surface area contributed by atoms with Crippen molar-refractivity contribution in [1.29, 1.82) is 0 Å². The van der Waals surface area contributed by atoms with Gasteiger partial charge in [0.1, 0.15) is 5.75 Å². The minimum absolute atomic E-state index is 0.329. The van der Waals surface area contributed by atoms with Crippen LogP contribution in [0.4, 0.5) is 0 Å². The molecule has 2 rings (SSSR count). The third-order valence-corrected chi connectivity index (χ3v) is 4.44. The zero-order valence-corrected chi connectivity index (χ0v) is 17.2. The maximum atomic E-state index is 12.0. The van der Waals surface area contributed by atoms with E-state index in [4.69, 9.17) is 4.74 Å². The number of nitrogens with one attached hydrogen (secondary N) is 1. The minimum atomic E-state index is -0.329. The normalized spacial score (nSPS) is 10.7. The van der Waals surface area contributed by atoms with Crippen molar-refractivity contribution in [2.45, 2.75) is 0 Å². The van der Waals surface area contributed by atoms with Crippen molar-refractivity contribution in [2.75, 3.05) is 7.11 Å². The van der Waals surface area contributed by atoms with Gasteiger partial charge in [0.2, 0.25) is 0 Å². The van der Waals surface area contributed by atoms with E-state index in [1.54, 1.807) is 25.6 Å². The highest BCUT2D eigenvalue weighted by Crippen LogP contribution is 2.26. The first-order valence-corrected chi connectivity index (χ1v) is 8.93. The van der Waals surface area contributed by atoms with Gasteiger partial charge in [0.25, 0.3) is 5.91 Å². The summed E-state index contributed by atoms with van der Waals surface area (Å²) in [6, 6.07) is 5.60. The lowest BCUT2D eigenvalue weighted by molar-refractivity contribution is 0.0954. The number of nitrogens with zero attached hydrogens (tertiary/aromatic N) is 2. The van der Waals surface area contributed by atoms with Crippen LogP contribution in [0, 0.1) is 7.14 Å². The van der Waals surface area contributed by atoms with E-state index >= 15 is 0 Å². The van der Waals surface area contributed by atoms with Crippen LogP contribution in [0.25, 0.3) is 0 Å². The average molecular weight is 586 g/mol. The Bertz CT molecular complexity index is 738. The fraction of sp³-hybridized carbons (Fsp3) is 0.0714. The van der Waals surface area contributed by atoms with Gasteiger partial charge in [-0.15, -0.1) is 0 Å². The molecule has 0 unspecified atom stereocenters. The minimum Gasteiger partial charge on any atom is -0.495 e. The number of benzene rings is 1. The van der Waals surface area contributed by atoms with E-state index in [9.17, 15) is 4.79 Å². The van der Waals surface area contributed by atoms with Gasteiger partial charge in [-0.2, -0.15) is 5.10 Å². The van der Waals surface area contributed by atoms with Gasteiger partial charge in [-0.1, -0.05) is 0 Å². The molecule has 1 aromatic carbocycles. The second-order valence-corrected chi connectivity index (χ2v) is 7.42. The lowest BCUT2D eigenvalue weighted by Crippen LogP contribution is -2.17. The standard InChI is InChI=1S/C14H10BrI2N3O2/c1-22-13-8(3-11(16)4-12(13)17)6-19-20-14(21)9-2-10(15)7-18-5-9/h2-7H,1H3,(H,20,21)/b19-6+. The second kappa shape index (κ2) is 8.20. The molecule has 1 N–H and O–H groups in total. The first-order valence-electron chi connectivity index (χ1n) is 5.98. The molecule has 0 saturated carbocycles. The van der Waals surface area contributed by atoms with Crippen molar-refractivity contribution in [3.05, 3.63) is 53.3 Å². The molecular formula is C14H10BrI2N3O2. The zero-order valence-electron chi connectivity index (χ0n) is 11.3. The predicted molar refractivity (Wildman–Crippen MR) is 105 cm³/mol. The molecule has 8 heteroatoms. The largest absolute Gasteiger partial charge is 0.495 e. The van der Waals surface area contributed by atoms with Crippen molar-refractivity contribution < 1.29 is 9.53 Å². The predicted octanol–water partition coefficient (Wildman–Crippen LogP) is 3.83. The van der Waals surface area contributed by atoms with E-state index in [0.717, 1.165) is 22.9 Å². The van der Waals surface area contributed by atoms with Crippen LogP contribution in [0.1, 0.15) is 15.9 Å². The number of carbonyl (C=O) groups excluding carboxylic acids is 1. The molecule has 0 saturated heterocycles. The molecule has 1 aromatic heterocycles. The summed E-state index contributed by atoms with van der Waals surface area (Å²) in [4.78, 5) is 15.9. The van der Waals surface area contributed by atoms with Crippen LogP contribution in [-0.2, 0) is 0 Å². The first-order chi connectivity index (χ1) is 10.5. The van der Waals surface area contributed by atoms with E-state index in [1.807, 2.05) is 12.1 Å². The summed E-state index contributed by atoms with van der Waals surface area (Å²) in [5, 5.41) is 3.98. The molecule has 0 fully saturated rings. The van der Waals surface area contributed by atoms with E-state index in [2.05, 4.69) is 76.6 Å². The van der Waals surface area contributed by atoms with Crippen molar-refractivity contribution in [1.82, 2.24) is 10.4 Å². The van der Waals surface area contributed by atoms with Gasteiger partial charge in [-0.3, -0.25) is 9.78 Å². The molecule has 0 aliphatic heterocycles. The fourth-order valence-electron chi connectivity index (χ4n) is 1.65. The Morgan fingerprint density at radius 3 is 2.82 bits per heavy atom. The van der Waals surface area contributed by atoms with Gasteiger partial charge in [-0.25, -0.2) is 5.43 Å². The van der Waals surface area contributed by atoms with Gasteiger partial charge >= 0.3 is 0 Å². The Labute approximate surface area is 163 Å². The number of halogens is 3. The molecule has 1 amide bonds. The SMILES string of the molecule is COc1c(I)cc(I)cc1/C=N/NC(=O)c1cncc(Br)c1. The molecule has 0 aliphatic carbocycles. The molecule has 5 nitrogen and oxygen atoms in total. The van der Waals surface area contributed by atoms with Gasteiger partial charge in [0.05, 0.1) is 22.5 Å². The number of amides is 1. The summed E-state index contributed by atoms with van der Waals surface area (Å²) in [5.74, 6) is 0.396. The van der Waals surface area contributed by atoms with Crippen molar-refractivity contribution in [3.8, 4) is 5.75 Å². The summed E-state index contributed by atoms with van der Waals surface area (Å²) in [6.45, 7) is 0. The van der Waals surface area contributed by atoms with E-state index < -0.39 is 0 Å². The number of pyridine rings is 1. The lowest BCUT2D eigenvalue weighted by Gasteiger charge is -2.07. The number of hydrazone groups is 1. The third kappa shape index (κ3) is 4.62. The number of methoxy groups -OCH3 is 1. The van der Waals surface area contributed by atoms with E-state index in [-0.39, 0.29) is 5.91 Å². The summed E-state index contributed by atoms with van der Waals surface area (Å²) >= 11 is 7.69. The number of rotatable bonds is 4. The molecule has 0 radical (unpaired) electrons. The Morgan fingerprint density at radius 1 is 1.36 bits per heavy atom. The fourth-order valence-corrected chi connectivity index (χ4v) is 4.13. The maximum Gasteiger partial charge on any atom is 0.272 e. The molecular weight excluding hydrogens is 576 g/mol. The second-order valence-electron chi connectivity index (χ2n) is 4.10. The van der Waals surface area contributed by atoms with Gasteiger partial charge < -0.3 is 4.74 Å². The molecule has 0 aliphatic rings. The Morgan fingerprint density at radius 2 is 2.14 bits per heavy atom.